The fourth-order valence-corrected chi connectivity index (χ4v) is 2.58. The van der Waals surface area contributed by atoms with Crippen LogP contribution in [0.15, 0.2) is 42.5 Å². The minimum absolute atomic E-state index is 0.0671. The highest BCUT2D eigenvalue weighted by atomic mass is 16.2. The average molecular weight is 339 g/mol. The molecule has 0 fully saturated rings. The van der Waals surface area contributed by atoms with Gasteiger partial charge in [-0.15, -0.1) is 0 Å². The summed E-state index contributed by atoms with van der Waals surface area (Å²) < 4.78 is 0. The van der Waals surface area contributed by atoms with Crippen LogP contribution in [0.3, 0.4) is 0 Å². The summed E-state index contributed by atoms with van der Waals surface area (Å²) in [7, 11) is 0. The van der Waals surface area contributed by atoms with E-state index in [2.05, 4.69) is 10.6 Å². The highest BCUT2D eigenvalue weighted by Crippen LogP contribution is 2.23. The number of amides is 2. The fraction of sp³-hybridized carbons (Fsp3) is 0.300. The molecule has 4 N–H and O–H groups in total. The molecule has 0 aliphatic heterocycles. The van der Waals surface area contributed by atoms with Crippen molar-refractivity contribution in [3.8, 4) is 0 Å². The Balaban J connectivity index is 2.16. The van der Waals surface area contributed by atoms with Gasteiger partial charge in [-0.3, -0.25) is 9.59 Å². The largest absolute Gasteiger partial charge is 0.330 e. The van der Waals surface area contributed by atoms with E-state index in [1.165, 1.54) is 0 Å². The number of carbonyl (C=O) groups excluding carboxylic acids is 2. The van der Waals surface area contributed by atoms with Gasteiger partial charge in [-0.1, -0.05) is 31.2 Å². The molecular formula is C20H25N3O2. The summed E-state index contributed by atoms with van der Waals surface area (Å²) >= 11 is 0. The normalized spacial score (nSPS) is 10.4. The zero-order valence-electron chi connectivity index (χ0n) is 14.8. The molecule has 132 valence electrons. The van der Waals surface area contributed by atoms with Gasteiger partial charge in [0, 0.05) is 23.4 Å². The van der Waals surface area contributed by atoms with Crippen molar-refractivity contribution in [2.24, 2.45) is 5.73 Å². The molecule has 0 aliphatic carbocycles. The van der Waals surface area contributed by atoms with Crippen molar-refractivity contribution in [3.63, 3.8) is 0 Å². The van der Waals surface area contributed by atoms with Crippen LogP contribution in [0.2, 0.25) is 0 Å². The summed E-state index contributed by atoms with van der Waals surface area (Å²) in [5, 5.41) is 5.81. The molecule has 2 amide bonds. The van der Waals surface area contributed by atoms with Gasteiger partial charge in [0.15, 0.2) is 0 Å². The molecule has 0 unspecified atom stereocenters. The number of hydrogen-bond acceptors (Lipinski definition) is 3. The average Bonchev–Trinajstić information content (AvgIpc) is 2.60. The van der Waals surface area contributed by atoms with E-state index in [4.69, 9.17) is 5.73 Å². The maximum absolute atomic E-state index is 12.5. The summed E-state index contributed by atoms with van der Waals surface area (Å²) in [6.07, 6.45) is 1.83. The minimum atomic E-state index is -0.164. The second kappa shape index (κ2) is 8.99. The van der Waals surface area contributed by atoms with Crippen LogP contribution in [0.4, 0.5) is 11.4 Å². The first kappa shape index (κ1) is 18.7. The van der Waals surface area contributed by atoms with E-state index in [0.717, 1.165) is 23.2 Å². The molecule has 0 atom stereocenters. The number of hydrogen-bond donors (Lipinski definition) is 3. The molecule has 5 heteroatoms. The number of carbonyl (C=O) groups is 2. The van der Waals surface area contributed by atoms with Gasteiger partial charge in [0.05, 0.1) is 0 Å². The predicted octanol–water partition coefficient (Wildman–Crippen LogP) is 3.49. The number of nitrogens with one attached hydrogen (secondary N) is 2. The van der Waals surface area contributed by atoms with Gasteiger partial charge in [-0.05, 0) is 55.6 Å². The molecule has 0 spiro atoms. The van der Waals surface area contributed by atoms with Crippen LogP contribution in [-0.2, 0) is 11.2 Å². The lowest BCUT2D eigenvalue weighted by atomic mass is 10.1. The monoisotopic (exact) mass is 339 g/mol. The first-order chi connectivity index (χ1) is 12.0. The highest BCUT2D eigenvalue weighted by Gasteiger charge is 2.11. The Morgan fingerprint density at radius 1 is 1.08 bits per heavy atom. The van der Waals surface area contributed by atoms with Gasteiger partial charge in [0.25, 0.3) is 5.91 Å². The topological polar surface area (TPSA) is 84.2 Å². The number of benzene rings is 2. The maximum atomic E-state index is 12.5. The highest BCUT2D eigenvalue weighted by molar-refractivity contribution is 6.05. The first-order valence-electron chi connectivity index (χ1n) is 8.55. The molecule has 0 bridgehead atoms. The van der Waals surface area contributed by atoms with Crippen LogP contribution in [0, 0.1) is 6.92 Å². The molecule has 0 aromatic heterocycles. The Morgan fingerprint density at radius 3 is 2.52 bits per heavy atom. The van der Waals surface area contributed by atoms with Crippen molar-refractivity contribution in [1.29, 1.82) is 0 Å². The number of nitrogens with two attached hydrogens (primary N) is 1. The Labute approximate surface area is 148 Å². The molecule has 0 radical (unpaired) electrons. The minimum Gasteiger partial charge on any atom is -0.330 e. The number of anilines is 2. The molecule has 2 aromatic rings. The number of aryl methyl sites for hydroxylation is 2. The van der Waals surface area contributed by atoms with Crippen LogP contribution in [-0.4, -0.2) is 18.4 Å². The van der Waals surface area contributed by atoms with Gasteiger partial charge >= 0.3 is 0 Å². The lowest BCUT2D eigenvalue weighted by molar-refractivity contribution is -0.116. The Bertz CT molecular complexity index is 756. The van der Waals surface area contributed by atoms with Crippen LogP contribution >= 0.6 is 0 Å². The second-order valence-electron chi connectivity index (χ2n) is 5.93. The van der Waals surface area contributed by atoms with Crippen LogP contribution in [0.25, 0.3) is 0 Å². The molecular weight excluding hydrogens is 314 g/mol. The number of rotatable bonds is 7. The van der Waals surface area contributed by atoms with Gasteiger partial charge in [0.2, 0.25) is 5.91 Å². The van der Waals surface area contributed by atoms with Crippen LogP contribution in [0.1, 0.15) is 41.3 Å². The fourth-order valence-electron chi connectivity index (χ4n) is 2.58. The van der Waals surface area contributed by atoms with E-state index in [-0.39, 0.29) is 11.8 Å². The summed E-state index contributed by atoms with van der Waals surface area (Å²) in [6.45, 7) is 4.41. The summed E-state index contributed by atoms with van der Waals surface area (Å²) in [5.41, 5.74) is 9.40. The van der Waals surface area contributed by atoms with E-state index in [0.29, 0.717) is 30.6 Å². The SMILES string of the molecule is CCc1ccc(NC(=O)c2ccccc2C)cc1NC(=O)CCCN. The van der Waals surface area contributed by atoms with E-state index in [1.807, 2.05) is 44.2 Å². The third-order valence-electron chi connectivity index (χ3n) is 4.02. The predicted molar refractivity (Wildman–Crippen MR) is 102 cm³/mol. The summed E-state index contributed by atoms with van der Waals surface area (Å²) in [5.74, 6) is -0.231. The maximum Gasteiger partial charge on any atom is 0.255 e. The first-order valence-corrected chi connectivity index (χ1v) is 8.55. The molecule has 25 heavy (non-hydrogen) atoms. The van der Waals surface area contributed by atoms with Crippen LogP contribution in [0.5, 0.6) is 0 Å². The zero-order chi connectivity index (χ0) is 18.2. The summed E-state index contributed by atoms with van der Waals surface area (Å²) in [4.78, 5) is 24.4. The molecule has 0 heterocycles. The molecule has 2 rings (SSSR count). The van der Waals surface area contributed by atoms with Crippen molar-refractivity contribution in [1.82, 2.24) is 0 Å². The van der Waals surface area contributed by atoms with E-state index in [9.17, 15) is 9.59 Å². The molecule has 0 saturated carbocycles. The van der Waals surface area contributed by atoms with Crippen molar-refractivity contribution >= 4 is 23.2 Å². The smallest absolute Gasteiger partial charge is 0.255 e. The van der Waals surface area contributed by atoms with E-state index < -0.39 is 0 Å². The Hall–Kier alpha value is -2.66. The third-order valence-corrected chi connectivity index (χ3v) is 4.02. The molecule has 5 nitrogen and oxygen atoms in total. The van der Waals surface area contributed by atoms with Crippen molar-refractivity contribution < 1.29 is 9.59 Å². The molecule has 2 aromatic carbocycles. The Morgan fingerprint density at radius 2 is 1.84 bits per heavy atom. The lowest BCUT2D eigenvalue weighted by Gasteiger charge is -2.13. The van der Waals surface area contributed by atoms with E-state index >= 15 is 0 Å². The third kappa shape index (κ3) is 5.16. The quantitative estimate of drug-likeness (QED) is 0.722. The van der Waals surface area contributed by atoms with Crippen molar-refractivity contribution in [2.45, 2.75) is 33.1 Å². The van der Waals surface area contributed by atoms with Crippen molar-refractivity contribution in [3.05, 3.63) is 59.2 Å². The summed E-state index contributed by atoms with van der Waals surface area (Å²) in [6, 6.07) is 13.0. The van der Waals surface area contributed by atoms with Gasteiger partial charge in [-0.25, -0.2) is 0 Å². The second-order valence-corrected chi connectivity index (χ2v) is 5.93. The van der Waals surface area contributed by atoms with Crippen LogP contribution < -0.4 is 16.4 Å². The van der Waals surface area contributed by atoms with E-state index in [1.54, 1.807) is 12.1 Å². The van der Waals surface area contributed by atoms with Gasteiger partial charge in [-0.2, -0.15) is 0 Å². The van der Waals surface area contributed by atoms with Gasteiger partial charge in [0.1, 0.15) is 0 Å². The Kier molecular flexibility index (Phi) is 6.71. The zero-order valence-corrected chi connectivity index (χ0v) is 14.8. The van der Waals surface area contributed by atoms with Gasteiger partial charge < -0.3 is 16.4 Å². The standard InChI is InChI=1S/C20H25N3O2/c1-3-15-10-11-16(13-18(15)23-19(24)9-6-12-21)22-20(25)17-8-5-4-7-14(17)2/h4-5,7-8,10-11,13H,3,6,9,12,21H2,1-2H3,(H,22,25)(H,23,24). The lowest BCUT2D eigenvalue weighted by Crippen LogP contribution is -2.16. The molecule has 0 aliphatic rings. The van der Waals surface area contributed by atoms with Crippen molar-refractivity contribution in [2.75, 3.05) is 17.2 Å². The molecule has 0 saturated heterocycles.